The number of hydrogen-bond donors (Lipinski definition) is 0. The first kappa shape index (κ1) is 17.8. The van der Waals surface area contributed by atoms with Crippen molar-refractivity contribution in [1.82, 2.24) is 9.21 Å². The number of piperazine rings is 1. The van der Waals surface area contributed by atoms with Crippen LogP contribution in [-0.2, 0) is 24.6 Å². The highest BCUT2D eigenvalue weighted by Gasteiger charge is 2.50. The maximum atomic E-state index is 12.9. The zero-order valence-electron chi connectivity index (χ0n) is 13.5. The van der Waals surface area contributed by atoms with E-state index in [1.807, 2.05) is 4.90 Å². The van der Waals surface area contributed by atoms with Crippen LogP contribution in [0.15, 0.2) is 35.2 Å². The van der Waals surface area contributed by atoms with E-state index in [1.165, 1.54) is 4.31 Å². The smallest absolute Gasteiger partial charge is 0.243 e. The Labute approximate surface area is 143 Å². The van der Waals surface area contributed by atoms with E-state index < -0.39 is 25.9 Å². The molecule has 2 fully saturated rings. The van der Waals surface area contributed by atoms with Crippen molar-refractivity contribution in [2.24, 2.45) is 0 Å². The quantitative estimate of drug-likeness (QED) is 0.710. The van der Waals surface area contributed by atoms with Gasteiger partial charge in [-0.05, 0) is 12.1 Å². The van der Waals surface area contributed by atoms with Gasteiger partial charge in [0.2, 0.25) is 10.0 Å². The molecule has 0 amide bonds. The molecule has 0 unspecified atom stereocenters. The van der Waals surface area contributed by atoms with Gasteiger partial charge in [0.05, 0.1) is 29.0 Å². The van der Waals surface area contributed by atoms with Gasteiger partial charge in [0.1, 0.15) is 0 Å². The van der Waals surface area contributed by atoms with Gasteiger partial charge in [-0.1, -0.05) is 18.2 Å². The summed E-state index contributed by atoms with van der Waals surface area (Å²) in [7, 11) is -5.35. The molecule has 0 aromatic heterocycles. The van der Waals surface area contributed by atoms with Gasteiger partial charge in [-0.3, -0.25) is 4.90 Å². The summed E-state index contributed by atoms with van der Waals surface area (Å²) < 4.78 is 56.7. The standard InChI is InChI=1S/C15H22N2O5S2/c1-22-10-9-16-7-8-17(15-12-23(18,19)11-14(15)16)24(20,21)13-5-3-2-4-6-13/h2-6,14-15H,7-12H2,1H3/t14-,15+/m1/s1. The van der Waals surface area contributed by atoms with Gasteiger partial charge in [0, 0.05) is 32.8 Å². The van der Waals surface area contributed by atoms with E-state index in [1.54, 1.807) is 37.4 Å². The van der Waals surface area contributed by atoms with Gasteiger partial charge >= 0.3 is 0 Å². The molecule has 7 nitrogen and oxygen atoms in total. The summed E-state index contributed by atoms with van der Waals surface area (Å²) in [4.78, 5) is 2.24. The highest BCUT2D eigenvalue weighted by Crippen LogP contribution is 2.31. The topological polar surface area (TPSA) is 84.0 Å². The second-order valence-corrected chi connectivity index (χ2v) is 10.2. The van der Waals surface area contributed by atoms with Crippen LogP contribution in [0.3, 0.4) is 0 Å². The Morgan fingerprint density at radius 1 is 1.12 bits per heavy atom. The molecule has 0 saturated carbocycles. The Bertz CT molecular complexity index is 779. The fourth-order valence-electron chi connectivity index (χ4n) is 3.51. The average Bonchev–Trinajstić information content (AvgIpc) is 2.88. The van der Waals surface area contributed by atoms with Crippen molar-refractivity contribution in [1.29, 1.82) is 0 Å². The first-order valence-corrected chi connectivity index (χ1v) is 11.1. The third-order valence-electron chi connectivity index (χ3n) is 4.67. The second kappa shape index (κ2) is 6.72. The van der Waals surface area contributed by atoms with Crippen LogP contribution in [0, 0.1) is 0 Å². The average molecular weight is 374 g/mol. The van der Waals surface area contributed by atoms with Gasteiger partial charge in [-0.15, -0.1) is 0 Å². The molecule has 3 rings (SSSR count). The van der Waals surface area contributed by atoms with Crippen molar-refractivity contribution in [3.05, 3.63) is 30.3 Å². The predicted octanol–water partition coefficient (Wildman–Crippen LogP) is -0.195. The normalized spacial score (nSPS) is 27.9. The summed E-state index contributed by atoms with van der Waals surface area (Å²) in [6, 6.07) is 7.35. The molecule has 0 N–H and O–H groups in total. The summed E-state index contributed by atoms with van der Waals surface area (Å²) in [6.07, 6.45) is 0. The maximum absolute atomic E-state index is 12.9. The number of ether oxygens (including phenoxy) is 1. The molecule has 2 atom stereocenters. The zero-order chi connectivity index (χ0) is 17.4. The van der Waals surface area contributed by atoms with Gasteiger partial charge in [-0.25, -0.2) is 16.8 Å². The van der Waals surface area contributed by atoms with E-state index in [-0.39, 0.29) is 29.0 Å². The molecule has 2 aliphatic rings. The van der Waals surface area contributed by atoms with E-state index in [9.17, 15) is 16.8 Å². The van der Waals surface area contributed by atoms with E-state index in [2.05, 4.69) is 0 Å². The minimum Gasteiger partial charge on any atom is -0.383 e. The molecule has 1 aromatic carbocycles. The number of rotatable bonds is 5. The molecule has 1 aromatic rings. The fraction of sp³-hybridized carbons (Fsp3) is 0.600. The van der Waals surface area contributed by atoms with Crippen molar-refractivity contribution in [3.63, 3.8) is 0 Å². The van der Waals surface area contributed by atoms with Crippen molar-refractivity contribution in [3.8, 4) is 0 Å². The SMILES string of the molecule is COCCN1CCN(S(=O)(=O)c2ccccc2)[C@H]2CS(=O)(=O)C[C@H]21. The Morgan fingerprint density at radius 3 is 2.46 bits per heavy atom. The second-order valence-electron chi connectivity index (χ2n) is 6.17. The lowest BCUT2D eigenvalue weighted by atomic mass is 10.1. The molecule has 0 bridgehead atoms. The molecule has 9 heteroatoms. The number of sulfonamides is 1. The van der Waals surface area contributed by atoms with Gasteiger partial charge in [0.15, 0.2) is 9.84 Å². The molecule has 24 heavy (non-hydrogen) atoms. The number of fused-ring (bicyclic) bond motifs is 1. The third kappa shape index (κ3) is 3.36. The molecule has 0 spiro atoms. The molecular weight excluding hydrogens is 352 g/mol. The monoisotopic (exact) mass is 374 g/mol. The summed E-state index contributed by atoms with van der Waals surface area (Å²) in [5.74, 6) is -0.116. The number of methoxy groups -OCH3 is 1. The van der Waals surface area contributed by atoms with E-state index in [0.29, 0.717) is 19.7 Å². The number of sulfone groups is 1. The zero-order valence-corrected chi connectivity index (χ0v) is 15.2. The Balaban J connectivity index is 1.91. The summed E-state index contributed by atoms with van der Waals surface area (Å²) >= 11 is 0. The third-order valence-corrected chi connectivity index (χ3v) is 8.31. The Kier molecular flexibility index (Phi) is 4.99. The van der Waals surface area contributed by atoms with Gasteiger partial charge in [0.25, 0.3) is 0 Å². The lowest BCUT2D eigenvalue weighted by Crippen LogP contribution is -2.60. The summed E-state index contributed by atoms with van der Waals surface area (Å²) in [5.41, 5.74) is 0. The number of hydrogen-bond acceptors (Lipinski definition) is 6. The van der Waals surface area contributed by atoms with Crippen LogP contribution >= 0.6 is 0 Å². The van der Waals surface area contributed by atoms with Crippen molar-refractivity contribution >= 4 is 19.9 Å². The van der Waals surface area contributed by atoms with E-state index in [0.717, 1.165) is 0 Å². The summed E-state index contributed by atoms with van der Waals surface area (Å²) in [5, 5.41) is 0. The first-order valence-electron chi connectivity index (χ1n) is 7.85. The van der Waals surface area contributed by atoms with Gasteiger partial charge in [-0.2, -0.15) is 4.31 Å². The van der Waals surface area contributed by atoms with E-state index >= 15 is 0 Å². The van der Waals surface area contributed by atoms with Crippen LogP contribution in [0.4, 0.5) is 0 Å². The molecule has 134 valence electrons. The minimum absolute atomic E-state index is 0.00217. The number of benzene rings is 1. The maximum Gasteiger partial charge on any atom is 0.243 e. The Morgan fingerprint density at radius 2 is 1.79 bits per heavy atom. The predicted molar refractivity (Wildman–Crippen MR) is 90.0 cm³/mol. The van der Waals surface area contributed by atoms with Crippen molar-refractivity contribution in [2.75, 3.05) is 44.9 Å². The molecule has 0 radical (unpaired) electrons. The molecule has 2 heterocycles. The molecule has 0 aliphatic carbocycles. The largest absolute Gasteiger partial charge is 0.383 e. The van der Waals surface area contributed by atoms with Crippen molar-refractivity contribution < 1.29 is 21.6 Å². The molecule has 2 aliphatic heterocycles. The number of nitrogens with zero attached hydrogens (tertiary/aromatic N) is 2. The van der Waals surface area contributed by atoms with Crippen LogP contribution in [-0.4, -0.2) is 83.0 Å². The van der Waals surface area contributed by atoms with Crippen molar-refractivity contribution in [2.45, 2.75) is 17.0 Å². The lowest BCUT2D eigenvalue weighted by molar-refractivity contribution is 0.0663. The van der Waals surface area contributed by atoms with Crippen LogP contribution in [0.25, 0.3) is 0 Å². The summed E-state index contributed by atoms with van der Waals surface area (Å²) in [6.45, 7) is 1.89. The fourth-order valence-corrected chi connectivity index (χ4v) is 7.28. The van der Waals surface area contributed by atoms with Crippen LogP contribution in [0.2, 0.25) is 0 Å². The van der Waals surface area contributed by atoms with E-state index in [4.69, 9.17) is 4.74 Å². The highest BCUT2D eigenvalue weighted by atomic mass is 32.2. The molecular formula is C15H22N2O5S2. The van der Waals surface area contributed by atoms with Crippen LogP contribution < -0.4 is 0 Å². The Hall–Kier alpha value is -1.00. The van der Waals surface area contributed by atoms with Crippen LogP contribution in [0.1, 0.15) is 0 Å². The highest BCUT2D eigenvalue weighted by molar-refractivity contribution is 7.92. The lowest BCUT2D eigenvalue weighted by Gasteiger charge is -2.42. The molecule has 2 saturated heterocycles. The van der Waals surface area contributed by atoms with Gasteiger partial charge < -0.3 is 4.74 Å². The first-order chi connectivity index (χ1) is 11.3. The van der Waals surface area contributed by atoms with Crippen LogP contribution in [0.5, 0.6) is 0 Å². The minimum atomic E-state index is -3.70.